The minimum absolute atomic E-state index is 0.129. The monoisotopic (exact) mass is 392 g/mol. The number of carbonyl (C=O) groups excluding carboxylic acids is 1. The van der Waals surface area contributed by atoms with E-state index in [1.165, 1.54) is 6.07 Å². The summed E-state index contributed by atoms with van der Waals surface area (Å²) < 4.78 is 5.46. The highest BCUT2D eigenvalue weighted by atomic mass is 35.5. The highest BCUT2D eigenvalue weighted by Crippen LogP contribution is 2.40. The number of rotatable bonds is 3. The first-order valence-electron chi connectivity index (χ1n) is 8.78. The third-order valence-corrected chi connectivity index (χ3v) is 4.89. The smallest absolute Gasteiger partial charge is 0.196 e. The molecule has 1 aliphatic carbocycles. The zero-order valence-corrected chi connectivity index (χ0v) is 15.8. The fraction of sp³-hybridized carbons (Fsp3) is 0.0909. The van der Waals surface area contributed by atoms with Crippen LogP contribution in [0.2, 0.25) is 5.02 Å². The lowest BCUT2D eigenvalue weighted by atomic mass is 9.82. The van der Waals surface area contributed by atoms with Crippen LogP contribution in [0.15, 0.2) is 59.6 Å². The topological polar surface area (TPSA) is 84.9 Å². The van der Waals surface area contributed by atoms with Crippen LogP contribution in [0.4, 0.5) is 11.4 Å². The molecule has 0 radical (unpaired) electrons. The molecule has 0 saturated heterocycles. The Balaban J connectivity index is 1.96. The molecule has 3 N–H and O–H groups in total. The van der Waals surface area contributed by atoms with Crippen LogP contribution in [-0.4, -0.2) is 23.2 Å². The second-order valence-electron chi connectivity index (χ2n) is 6.30. The molecule has 0 aliphatic heterocycles. The minimum atomic E-state index is -0.286. The van der Waals surface area contributed by atoms with Crippen LogP contribution >= 0.6 is 11.6 Å². The Kier molecular flexibility index (Phi) is 4.53. The van der Waals surface area contributed by atoms with Crippen molar-refractivity contribution in [1.29, 1.82) is 0 Å². The molecule has 3 aromatic carbocycles. The summed E-state index contributed by atoms with van der Waals surface area (Å²) in [6.07, 6.45) is 0. The number of aliphatic imine (C=N–C) groups is 1. The van der Waals surface area contributed by atoms with Gasteiger partial charge in [0.05, 0.1) is 39.8 Å². The summed E-state index contributed by atoms with van der Waals surface area (Å²) in [5.74, 6) is 0.318. The van der Waals surface area contributed by atoms with Crippen LogP contribution in [-0.2, 0) is 0 Å². The van der Waals surface area contributed by atoms with E-state index in [4.69, 9.17) is 27.1 Å². The van der Waals surface area contributed by atoms with Gasteiger partial charge in [0.2, 0.25) is 0 Å². The Labute approximate surface area is 167 Å². The van der Waals surface area contributed by atoms with Crippen molar-refractivity contribution >= 4 is 34.5 Å². The summed E-state index contributed by atoms with van der Waals surface area (Å²) in [6.45, 7) is 2.49. The van der Waals surface area contributed by atoms with Crippen LogP contribution < -0.4 is 10.5 Å². The molecule has 5 nitrogen and oxygen atoms in total. The summed E-state index contributed by atoms with van der Waals surface area (Å²) in [5, 5.41) is 10.7. The van der Waals surface area contributed by atoms with Crippen molar-refractivity contribution in [3.05, 3.63) is 81.9 Å². The van der Waals surface area contributed by atoms with Crippen LogP contribution in [0.25, 0.3) is 0 Å². The Morgan fingerprint density at radius 1 is 1.07 bits per heavy atom. The number of anilines is 1. The number of nitrogens with zero attached hydrogens (tertiary/aromatic N) is 1. The number of aromatic hydroxyl groups is 1. The Bertz CT molecular complexity index is 1120. The van der Waals surface area contributed by atoms with Gasteiger partial charge in [0.25, 0.3) is 0 Å². The number of phenolic OH excluding ortho intramolecular Hbond substituents is 1. The molecule has 0 spiro atoms. The van der Waals surface area contributed by atoms with Crippen LogP contribution in [0.1, 0.15) is 34.0 Å². The first-order valence-corrected chi connectivity index (χ1v) is 9.16. The van der Waals surface area contributed by atoms with Gasteiger partial charge in [-0.1, -0.05) is 35.9 Å². The van der Waals surface area contributed by atoms with E-state index in [0.717, 1.165) is 5.75 Å². The average molecular weight is 393 g/mol. The molecule has 140 valence electrons. The molecule has 0 atom stereocenters. The van der Waals surface area contributed by atoms with E-state index < -0.39 is 0 Å². The third kappa shape index (κ3) is 2.90. The summed E-state index contributed by atoms with van der Waals surface area (Å²) >= 11 is 6.11. The van der Waals surface area contributed by atoms with Gasteiger partial charge in [-0.3, -0.25) is 4.79 Å². The molecule has 3 aromatic rings. The predicted molar refractivity (Wildman–Crippen MR) is 110 cm³/mol. The van der Waals surface area contributed by atoms with Gasteiger partial charge < -0.3 is 15.6 Å². The van der Waals surface area contributed by atoms with E-state index in [1.807, 2.05) is 37.3 Å². The number of nitrogen functional groups attached to an aromatic ring is 1. The van der Waals surface area contributed by atoms with Gasteiger partial charge in [0.1, 0.15) is 11.5 Å². The molecular formula is C22H17ClN2O3. The number of hydrogen-bond donors (Lipinski definition) is 2. The van der Waals surface area contributed by atoms with Crippen LogP contribution in [0, 0.1) is 0 Å². The van der Waals surface area contributed by atoms with E-state index >= 15 is 0 Å². The predicted octanol–water partition coefficient (Wildman–Crippen LogP) is 4.74. The van der Waals surface area contributed by atoms with Crippen molar-refractivity contribution in [2.24, 2.45) is 4.99 Å². The van der Waals surface area contributed by atoms with Crippen molar-refractivity contribution in [2.75, 3.05) is 12.3 Å². The minimum Gasteiger partial charge on any atom is -0.507 e. The van der Waals surface area contributed by atoms with E-state index in [-0.39, 0.29) is 27.8 Å². The van der Waals surface area contributed by atoms with Gasteiger partial charge in [-0.2, -0.15) is 0 Å². The van der Waals surface area contributed by atoms with Gasteiger partial charge in [-0.05, 0) is 31.2 Å². The second-order valence-corrected chi connectivity index (χ2v) is 6.71. The van der Waals surface area contributed by atoms with E-state index in [1.54, 1.807) is 18.2 Å². The Hall–Kier alpha value is -3.31. The Morgan fingerprint density at radius 3 is 2.43 bits per heavy atom. The summed E-state index contributed by atoms with van der Waals surface area (Å²) in [7, 11) is 0. The molecule has 0 fully saturated rings. The molecule has 1 aliphatic rings. The number of nitrogens with two attached hydrogens (primary N) is 1. The molecule has 0 aromatic heterocycles. The van der Waals surface area contributed by atoms with E-state index in [9.17, 15) is 9.90 Å². The van der Waals surface area contributed by atoms with Crippen molar-refractivity contribution in [3.8, 4) is 11.5 Å². The number of carbonyl (C=O) groups is 1. The number of benzene rings is 3. The number of ether oxygens (including phenoxy) is 1. The second kappa shape index (κ2) is 7.02. The highest BCUT2D eigenvalue weighted by molar-refractivity contribution is 6.38. The zero-order chi connectivity index (χ0) is 19.8. The molecule has 4 rings (SSSR count). The molecule has 28 heavy (non-hydrogen) atoms. The molecule has 6 heteroatoms. The number of halogens is 1. The maximum Gasteiger partial charge on any atom is 0.196 e. The van der Waals surface area contributed by atoms with Gasteiger partial charge in [0, 0.05) is 17.2 Å². The molecule has 0 heterocycles. The normalized spacial score (nSPS) is 13.9. The number of ketones is 1. The molecule has 0 unspecified atom stereocenters. The van der Waals surface area contributed by atoms with Gasteiger partial charge in [0.15, 0.2) is 5.78 Å². The summed E-state index contributed by atoms with van der Waals surface area (Å²) in [6, 6.07) is 15.7. The van der Waals surface area contributed by atoms with Crippen LogP contribution in [0.5, 0.6) is 11.5 Å². The molecular weight excluding hydrogens is 376 g/mol. The summed E-state index contributed by atoms with van der Waals surface area (Å²) in [5.41, 5.74) is 8.91. The first-order chi connectivity index (χ1) is 13.5. The van der Waals surface area contributed by atoms with Crippen molar-refractivity contribution in [3.63, 3.8) is 0 Å². The fourth-order valence-electron chi connectivity index (χ4n) is 3.31. The average Bonchev–Trinajstić information content (AvgIpc) is 2.70. The maximum atomic E-state index is 13.0. The van der Waals surface area contributed by atoms with Gasteiger partial charge >= 0.3 is 0 Å². The number of phenols is 1. The lowest BCUT2D eigenvalue weighted by molar-refractivity contribution is 0.103. The van der Waals surface area contributed by atoms with Gasteiger partial charge in [-0.15, -0.1) is 0 Å². The third-order valence-electron chi connectivity index (χ3n) is 4.58. The largest absolute Gasteiger partial charge is 0.507 e. The first kappa shape index (κ1) is 18.1. The van der Waals surface area contributed by atoms with Crippen molar-refractivity contribution in [1.82, 2.24) is 0 Å². The fourth-order valence-corrected chi connectivity index (χ4v) is 3.51. The lowest BCUT2D eigenvalue weighted by Crippen LogP contribution is -2.23. The lowest BCUT2D eigenvalue weighted by Gasteiger charge is -2.23. The van der Waals surface area contributed by atoms with E-state index in [2.05, 4.69) is 0 Å². The zero-order valence-electron chi connectivity index (χ0n) is 15.1. The highest BCUT2D eigenvalue weighted by Gasteiger charge is 2.33. The van der Waals surface area contributed by atoms with Crippen molar-refractivity contribution in [2.45, 2.75) is 6.92 Å². The number of hydrogen-bond acceptors (Lipinski definition) is 5. The van der Waals surface area contributed by atoms with E-state index in [0.29, 0.717) is 34.7 Å². The standard InChI is InChI=1S/C22H17ClN2O3/c1-2-28-13-9-7-12(8-10-13)25-21-14-5-3-4-6-15(14)22(27)19-18(21)17(26)11-16(23)20(19)24/h3-11,26H,2,24H2,1H3. The Morgan fingerprint density at radius 2 is 1.75 bits per heavy atom. The van der Waals surface area contributed by atoms with Crippen LogP contribution in [0.3, 0.4) is 0 Å². The SMILES string of the molecule is CCOc1ccc(N=C2c3ccccc3C(=O)c3c(N)c(Cl)cc(O)c32)cc1. The van der Waals surface area contributed by atoms with Gasteiger partial charge in [-0.25, -0.2) is 4.99 Å². The molecule has 0 bridgehead atoms. The number of fused-ring (bicyclic) bond motifs is 2. The molecule has 0 saturated carbocycles. The van der Waals surface area contributed by atoms with Crippen molar-refractivity contribution < 1.29 is 14.6 Å². The maximum absolute atomic E-state index is 13.0. The molecule has 0 amide bonds. The summed E-state index contributed by atoms with van der Waals surface area (Å²) in [4.78, 5) is 17.7. The quantitative estimate of drug-likeness (QED) is 0.389.